The number of anilines is 3. The molecular weight excluding hydrogens is 945 g/mol. The normalized spacial score (nSPS) is 11.8. The summed E-state index contributed by atoms with van der Waals surface area (Å²) in [5.41, 5.74) is 11.2. The summed E-state index contributed by atoms with van der Waals surface area (Å²) >= 11 is -3.71. The number of benzene rings is 11. The molecule has 0 radical (unpaired) electrons. The van der Waals surface area contributed by atoms with Crippen molar-refractivity contribution < 1.29 is 8.78 Å². The summed E-state index contributed by atoms with van der Waals surface area (Å²) in [6.07, 6.45) is 0. The summed E-state index contributed by atoms with van der Waals surface area (Å²) in [5.74, 6) is -0.544. The van der Waals surface area contributed by atoms with E-state index in [-0.39, 0.29) is 11.6 Å². The van der Waals surface area contributed by atoms with Crippen molar-refractivity contribution >= 4 is 91.5 Å². The fourth-order valence-corrected chi connectivity index (χ4v) is 21.2. The van der Waals surface area contributed by atoms with Crippen molar-refractivity contribution in [1.82, 2.24) is 9.13 Å². The topological polar surface area (TPSA) is 13.1 Å². The second-order valence-corrected chi connectivity index (χ2v) is 26.4. The first kappa shape index (κ1) is 43.3. The number of rotatable bonds is 10. The minimum absolute atomic E-state index is 0.268. The summed E-state index contributed by atoms with van der Waals surface area (Å²) < 4.78 is 38.8. The molecular formula is C66H45F2GeN3. The molecule has 0 aliphatic carbocycles. The van der Waals surface area contributed by atoms with E-state index >= 15 is 0 Å². The molecule has 2 heterocycles. The third kappa shape index (κ3) is 7.23. The number of halogens is 2. The quantitative estimate of drug-likeness (QED) is 0.124. The first-order chi connectivity index (χ1) is 35.5. The van der Waals surface area contributed by atoms with Gasteiger partial charge in [-0.2, -0.15) is 0 Å². The van der Waals surface area contributed by atoms with Gasteiger partial charge in [-0.25, -0.2) is 4.39 Å². The van der Waals surface area contributed by atoms with E-state index < -0.39 is 13.3 Å². The van der Waals surface area contributed by atoms with E-state index in [0.29, 0.717) is 0 Å². The molecule has 0 aliphatic rings. The Balaban J connectivity index is 1.07. The van der Waals surface area contributed by atoms with Gasteiger partial charge in [-0.05, 0) is 30.3 Å². The van der Waals surface area contributed by atoms with Crippen LogP contribution in [0.15, 0.2) is 273 Å². The number of aromatic nitrogens is 2. The Morgan fingerprint density at radius 1 is 0.278 bits per heavy atom. The van der Waals surface area contributed by atoms with Crippen molar-refractivity contribution in [2.24, 2.45) is 0 Å². The third-order valence-corrected chi connectivity index (χ3v) is 24.4. The van der Waals surface area contributed by atoms with E-state index in [2.05, 4.69) is 232 Å². The summed E-state index contributed by atoms with van der Waals surface area (Å²) in [6, 6.07) is 95.0. The molecule has 0 fully saturated rings. The second kappa shape index (κ2) is 17.9. The fraction of sp³-hybridized carbons (Fsp3) is 0. The van der Waals surface area contributed by atoms with Crippen LogP contribution in [0.25, 0.3) is 66.1 Å². The average molecular weight is 991 g/mol. The van der Waals surface area contributed by atoms with E-state index in [9.17, 15) is 8.78 Å². The molecule has 342 valence electrons. The number of hydrogen-bond acceptors (Lipinski definition) is 1. The van der Waals surface area contributed by atoms with Gasteiger partial charge in [-0.3, -0.25) is 0 Å². The first-order valence-corrected chi connectivity index (χ1v) is 28.5. The maximum atomic E-state index is 14.7. The van der Waals surface area contributed by atoms with Crippen molar-refractivity contribution in [1.29, 1.82) is 0 Å². The van der Waals surface area contributed by atoms with E-state index in [4.69, 9.17) is 0 Å². The molecule has 0 aliphatic heterocycles. The van der Waals surface area contributed by atoms with Crippen LogP contribution in [0.5, 0.6) is 0 Å². The number of fused-ring (bicyclic) bond motifs is 6. The van der Waals surface area contributed by atoms with Gasteiger partial charge in [0.1, 0.15) is 5.82 Å². The Morgan fingerprint density at radius 3 is 1.15 bits per heavy atom. The number of nitrogens with zero attached hydrogens (tertiary/aromatic N) is 3. The van der Waals surface area contributed by atoms with E-state index in [1.54, 1.807) is 12.1 Å². The van der Waals surface area contributed by atoms with E-state index in [1.807, 2.05) is 30.3 Å². The van der Waals surface area contributed by atoms with E-state index in [0.717, 1.165) is 83.2 Å². The molecule has 0 saturated heterocycles. The molecule has 0 saturated carbocycles. The Hall–Kier alpha value is -8.78. The molecule has 0 N–H and O–H groups in total. The van der Waals surface area contributed by atoms with Gasteiger partial charge in [-0.15, -0.1) is 0 Å². The van der Waals surface area contributed by atoms with Crippen LogP contribution in [0.1, 0.15) is 0 Å². The third-order valence-electron chi connectivity index (χ3n) is 14.4. The maximum absolute atomic E-state index is 14.7. The van der Waals surface area contributed by atoms with Crippen LogP contribution in [0.3, 0.4) is 0 Å². The van der Waals surface area contributed by atoms with Gasteiger partial charge in [0.25, 0.3) is 0 Å². The Bertz CT molecular complexity index is 3980. The predicted molar refractivity (Wildman–Crippen MR) is 299 cm³/mol. The molecule has 0 spiro atoms. The van der Waals surface area contributed by atoms with Crippen LogP contribution < -0.4 is 22.5 Å². The average Bonchev–Trinajstić information content (AvgIpc) is 3.95. The van der Waals surface area contributed by atoms with Crippen LogP contribution in [0.4, 0.5) is 25.8 Å². The molecule has 0 bridgehead atoms. The molecule has 2 aromatic heterocycles. The molecule has 11 aromatic carbocycles. The smallest absolute Gasteiger partial charge is 0.0242 e. The molecule has 0 unspecified atom stereocenters. The number of hydrogen-bond donors (Lipinski definition) is 0. The van der Waals surface area contributed by atoms with E-state index in [1.165, 1.54) is 29.7 Å². The largest absolute Gasteiger partial charge is 0.0351 e. The summed E-state index contributed by atoms with van der Waals surface area (Å²) in [4.78, 5) is 2.35. The zero-order chi connectivity index (χ0) is 48.2. The molecule has 0 atom stereocenters. The van der Waals surface area contributed by atoms with Crippen LogP contribution in [0.2, 0.25) is 0 Å². The predicted octanol–water partition coefficient (Wildman–Crippen LogP) is 14.7. The monoisotopic (exact) mass is 991 g/mol. The summed E-state index contributed by atoms with van der Waals surface area (Å²) in [7, 11) is 0. The Labute approximate surface area is 419 Å². The van der Waals surface area contributed by atoms with Gasteiger partial charge in [-0.1, -0.05) is 42.5 Å². The summed E-state index contributed by atoms with van der Waals surface area (Å²) in [6.45, 7) is 0. The Morgan fingerprint density at radius 2 is 0.653 bits per heavy atom. The van der Waals surface area contributed by atoms with Crippen LogP contribution in [-0.4, -0.2) is 22.4 Å². The second-order valence-electron chi connectivity index (χ2n) is 18.4. The zero-order valence-electron chi connectivity index (χ0n) is 39.1. The minimum atomic E-state index is -3.71. The van der Waals surface area contributed by atoms with Crippen molar-refractivity contribution in [3.63, 3.8) is 0 Å². The number of para-hydroxylation sites is 1. The molecule has 13 aromatic rings. The van der Waals surface area contributed by atoms with Gasteiger partial charge in [0.05, 0.1) is 0 Å². The van der Waals surface area contributed by atoms with Crippen molar-refractivity contribution in [2.45, 2.75) is 0 Å². The van der Waals surface area contributed by atoms with Gasteiger partial charge >= 0.3 is 333 Å². The minimum Gasteiger partial charge on any atom is -0.0351 e. The van der Waals surface area contributed by atoms with Crippen LogP contribution in [0, 0.1) is 11.6 Å². The van der Waals surface area contributed by atoms with Gasteiger partial charge in [0.2, 0.25) is 0 Å². The van der Waals surface area contributed by atoms with Gasteiger partial charge in [0.15, 0.2) is 0 Å². The fourth-order valence-electron chi connectivity index (χ4n) is 11.2. The van der Waals surface area contributed by atoms with Crippen molar-refractivity contribution in [3.05, 3.63) is 285 Å². The zero-order valence-corrected chi connectivity index (χ0v) is 41.2. The van der Waals surface area contributed by atoms with Crippen LogP contribution in [-0.2, 0) is 0 Å². The Kier molecular flexibility index (Phi) is 10.7. The molecule has 13 rings (SSSR count). The van der Waals surface area contributed by atoms with Crippen molar-refractivity contribution in [2.75, 3.05) is 4.90 Å². The van der Waals surface area contributed by atoms with Gasteiger partial charge < -0.3 is 0 Å². The first-order valence-electron chi connectivity index (χ1n) is 24.3. The SMILES string of the molecule is Fc1ccc(-n2c3ccccc3c3cc(N(c4ccc(-c5ccccc5)cc4)c4ccc5c(c4)c4c[c]([Ge]([c]6ccccc6)([c]6ccccc6)[c]6ccccc6)ccc4n5-c4ccc(F)cc4)ccc32)cc1. The van der Waals surface area contributed by atoms with Gasteiger partial charge in [0, 0.05) is 5.69 Å². The standard InChI is InChI=1S/C66H45F2GeN3/c67-48-27-34-55(35-28-48)71-63-24-14-13-23-59(63)61-44-57(38-41-65(61)71)70(54-32-25-47(26-33-54)46-15-5-1-6-16-46)58-39-42-66-62(45-58)60-43-53(31-40-64(60)72(66)56-36-29-49(68)30-37-56)69(50-17-7-2-8-18-50,51-19-9-3-10-20-51)52-21-11-4-12-22-52/h1-45H. The molecule has 3 nitrogen and oxygen atoms in total. The maximum Gasteiger partial charge on any atom is -0.0242 e. The van der Waals surface area contributed by atoms with Crippen molar-refractivity contribution in [3.8, 4) is 22.5 Å². The molecule has 6 heteroatoms. The molecule has 72 heavy (non-hydrogen) atoms. The van der Waals surface area contributed by atoms with Crippen LogP contribution >= 0.6 is 0 Å². The molecule has 0 amide bonds. The summed E-state index contributed by atoms with van der Waals surface area (Å²) in [5, 5.41) is 4.39.